The summed E-state index contributed by atoms with van der Waals surface area (Å²) in [5.74, 6) is 0. The van der Waals surface area contributed by atoms with E-state index >= 15 is 0 Å². The molecule has 0 fully saturated rings. The lowest BCUT2D eigenvalue weighted by Crippen LogP contribution is -2.63. The zero-order valence-electron chi connectivity index (χ0n) is 21.9. The van der Waals surface area contributed by atoms with E-state index in [1.807, 2.05) is 27.7 Å². The lowest BCUT2D eigenvalue weighted by molar-refractivity contribution is -0.333. The van der Waals surface area contributed by atoms with E-state index in [0.717, 1.165) is 0 Å². The number of hydrogen-bond donors (Lipinski definition) is 4. The highest BCUT2D eigenvalue weighted by Gasteiger charge is 2.39. The molecule has 0 spiro atoms. The molecule has 4 atom stereocenters. The second-order valence-electron chi connectivity index (χ2n) is 8.00. The molecule has 0 aliphatic carbocycles. The van der Waals surface area contributed by atoms with Gasteiger partial charge in [-0.05, 0) is 51.4 Å². The van der Waals surface area contributed by atoms with Crippen LogP contribution in [0.5, 0.6) is 0 Å². The van der Waals surface area contributed by atoms with Gasteiger partial charge in [-0.3, -0.25) is 0 Å². The number of ether oxygens (including phenoxy) is 4. The quantitative estimate of drug-likeness (QED) is 0.0848. The summed E-state index contributed by atoms with van der Waals surface area (Å²) < 4.78 is 24.8. The fourth-order valence-electron chi connectivity index (χ4n) is 3.63. The minimum Gasteiger partial charge on any atom is -0.396 e. The Bertz CT molecular complexity index is 362. The van der Waals surface area contributed by atoms with Crippen LogP contribution in [-0.2, 0) is 18.9 Å². The molecule has 0 radical (unpaired) electrons. The van der Waals surface area contributed by atoms with Crippen LogP contribution in [0.4, 0.5) is 0 Å². The zero-order chi connectivity index (χ0) is 25.6. The molecular formula is C24H52N2O8. The molecule has 0 bridgehead atoms. The maximum absolute atomic E-state index is 9.26. The van der Waals surface area contributed by atoms with E-state index < -0.39 is 0 Å². The van der Waals surface area contributed by atoms with Gasteiger partial charge in [0, 0.05) is 26.4 Å². The summed E-state index contributed by atoms with van der Waals surface area (Å²) in [7, 11) is 0. The zero-order valence-corrected chi connectivity index (χ0v) is 21.9. The molecule has 0 aliphatic heterocycles. The average molecular weight is 497 g/mol. The summed E-state index contributed by atoms with van der Waals surface area (Å²) in [5.41, 5.74) is 0. The highest BCUT2D eigenvalue weighted by Crippen LogP contribution is 2.27. The third-order valence-electron chi connectivity index (χ3n) is 5.29. The van der Waals surface area contributed by atoms with E-state index in [9.17, 15) is 20.4 Å². The lowest BCUT2D eigenvalue weighted by Gasteiger charge is -2.49. The fraction of sp³-hybridized carbons (Fsp3) is 1.00. The van der Waals surface area contributed by atoms with E-state index in [2.05, 4.69) is 10.0 Å². The number of aliphatic hydroxyl groups excluding tert-OH is 4. The first-order chi connectivity index (χ1) is 16.6. The van der Waals surface area contributed by atoms with Gasteiger partial charge in [0.15, 0.2) is 0 Å². The summed E-state index contributed by atoms with van der Waals surface area (Å²) >= 11 is 0. The molecule has 0 saturated carbocycles. The third kappa shape index (κ3) is 13.1. The van der Waals surface area contributed by atoms with E-state index in [0.29, 0.717) is 77.8 Å². The maximum atomic E-state index is 9.26. The molecule has 0 amide bonds. The van der Waals surface area contributed by atoms with Crippen molar-refractivity contribution in [1.82, 2.24) is 10.0 Å². The van der Waals surface area contributed by atoms with Crippen LogP contribution in [0.3, 0.4) is 0 Å². The second-order valence-corrected chi connectivity index (χ2v) is 8.00. The predicted molar refractivity (Wildman–Crippen MR) is 131 cm³/mol. The van der Waals surface area contributed by atoms with Gasteiger partial charge in [-0.25, -0.2) is 0 Å². The Balaban J connectivity index is 6.22. The molecule has 0 rings (SSSR count). The van der Waals surface area contributed by atoms with Crippen molar-refractivity contribution in [2.45, 2.75) is 104 Å². The minimum atomic E-state index is -0.350. The Kier molecular flexibility index (Phi) is 22.8. The summed E-state index contributed by atoms with van der Waals surface area (Å²) in [6.07, 6.45) is 3.39. The molecule has 0 aliphatic rings. The first-order valence-corrected chi connectivity index (χ1v) is 13.1. The van der Waals surface area contributed by atoms with Crippen molar-refractivity contribution in [3.63, 3.8) is 0 Å². The van der Waals surface area contributed by atoms with Gasteiger partial charge in [-0.15, -0.1) is 0 Å². The summed E-state index contributed by atoms with van der Waals surface area (Å²) in [4.78, 5) is 0. The molecule has 0 heterocycles. The van der Waals surface area contributed by atoms with E-state index in [4.69, 9.17) is 18.9 Å². The largest absolute Gasteiger partial charge is 0.396 e. The van der Waals surface area contributed by atoms with Gasteiger partial charge in [-0.1, -0.05) is 27.7 Å². The first kappa shape index (κ1) is 33.6. The number of rotatable bonds is 25. The van der Waals surface area contributed by atoms with Gasteiger partial charge < -0.3 is 39.4 Å². The monoisotopic (exact) mass is 496 g/mol. The fourth-order valence-corrected chi connectivity index (χ4v) is 3.63. The highest BCUT2D eigenvalue weighted by atomic mass is 16.6. The van der Waals surface area contributed by atoms with Gasteiger partial charge in [-0.2, -0.15) is 10.0 Å². The number of hydrazine groups is 1. The molecular weight excluding hydrogens is 444 g/mol. The van der Waals surface area contributed by atoms with Crippen molar-refractivity contribution < 1.29 is 39.4 Å². The van der Waals surface area contributed by atoms with E-state index in [1.165, 1.54) is 0 Å². The lowest BCUT2D eigenvalue weighted by atomic mass is 10.2. The predicted octanol–water partition coefficient (Wildman–Crippen LogP) is 2.05. The van der Waals surface area contributed by atoms with Gasteiger partial charge >= 0.3 is 0 Å². The number of nitrogens with zero attached hydrogens (tertiary/aromatic N) is 2. The number of aliphatic hydroxyl groups is 4. The normalized spacial score (nSPS) is 15.7. The Morgan fingerprint density at radius 3 is 0.794 bits per heavy atom. The minimum absolute atomic E-state index is 0.0497. The van der Waals surface area contributed by atoms with E-state index in [-0.39, 0.29) is 51.3 Å². The average Bonchev–Trinajstić information content (AvgIpc) is 2.86. The first-order valence-electron chi connectivity index (χ1n) is 13.1. The summed E-state index contributed by atoms with van der Waals surface area (Å²) in [6, 6.07) is 0. The van der Waals surface area contributed by atoms with E-state index in [1.54, 1.807) is 0 Å². The number of hydrogen-bond acceptors (Lipinski definition) is 10. The van der Waals surface area contributed by atoms with Crippen molar-refractivity contribution in [2.24, 2.45) is 0 Å². The highest BCUT2D eigenvalue weighted by molar-refractivity contribution is 4.73. The molecule has 0 aromatic rings. The molecule has 4 unspecified atom stereocenters. The second kappa shape index (κ2) is 23.0. The smallest absolute Gasteiger partial charge is 0.125 e. The molecule has 34 heavy (non-hydrogen) atoms. The Morgan fingerprint density at radius 1 is 0.441 bits per heavy atom. The SMILES string of the molecule is CCC(OCCCO)N(C(CC)OCCCO)N(C(CC)OCCCO)C(CC)OCCCO. The standard InChI is InChI=1S/C24H52N2O8/c1-5-21(31-17-9-13-27)25(22(6-2)32-18-10-14-28)26(23(7-3)33-19-11-15-29)24(8-4)34-20-12-16-30/h21-24,27-30H,5-20H2,1-4H3. The van der Waals surface area contributed by atoms with Gasteiger partial charge in [0.1, 0.15) is 24.9 Å². The van der Waals surface area contributed by atoms with Crippen LogP contribution in [0, 0.1) is 0 Å². The Hall–Kier alpha value is -0.400. The molecule has 0 saturated heterocycles. The van der Waals surface area contributed by atoms with Crippen LogP contribution in [0.25, 0.3) is 0 Å². The topological polar surface area (TPSA) is 124 Å². The van der Waals surface area contributed by atoms with Crippen LogP contribution in [-0.4, -0.2) is 108 Å². The maximum Gasteiger partial charge on any atom is 0.125 e. The molecule has 206 valence electrons. The summed E-state index contributed by atoms with van der Waals surface area (Å²) in [5, 5.41) is 41.2. The van der Waals surface area contributed by atoms with Crippen LogP contribution < -0.4 is 0 Å². The van der Waals surface area contributed by atoms with Crippen molar-refractivity contribution >= 4 is 0 Å². The Morgan fingerprint density at radius 2 is 0.647 bits per heavy atom. The van der Waals surface area contributed by atoms with Crippen LogP contribution in [0.2, 0.25) is 0 Å². The van der Waals surface area contributed by atoms with Gasteiger partial charge in [0.2, 0.25) is 0 Å². The third-order valence-corrected chi connectivity index (χ3v) is 5.29. The van der Waals surface area contributed by atoms with Gasteiger partial charge in [0.05, 0.1) is 26.4 Å². The molecule has 10 heteroatoms. The molecule has 4 N–H and O–H groups in total. The van der Waals surface area contributed by atoms with Crippen LogP contribution in [0.1, 0.15) is 79.1 Å². The van der Waals surface area contributed by atoms with Crippen molar-refractivity contribution in [2.75, 3.05) is 52.9 Å². The molecule has 0 aromatic carbocycles. The van der Waals surface area contributed by atoms with Gasteiger partial charge in [0.25, 0.3) is 0 Å². The molecule has 0 aromatic heterocycles. The van der Waals surface area contributed by atoms with Crippen LogP contribution in [0.15, 0.2) is 0 Å². The van der Waals surface area contributed by atoms with Crippen molar-refractivity contribution in [3.05, 3.63) is 0 Å². The Labute approximate surface area is 206 Å². The van der Waals surface area contributed by atoms with Crippen molar-refractivity contribution in [3.8, 4) is 0 Å². The molecule has 10 nitrogen and oxygen atoms in total. The van der Waals surface area contributed by atoms with Crippen LogP contribution >= 0.6 is 0 Å². The summed E-state index contributed by atoms with van der Waals surface area (Å²) in [6.45, 7) is 9.95. The van der Waals surface area contributed by atoms with Crippen molar-refractivity contribution in [1.29, 1.82) is 0 Å².